The van der Waals surface area contributed by atoms with Crippen molar-refractivity contribution in [2.45, 2.75) is 26.1 Å². The molecule has 1 aliphatic heterocycles. The minimum Gasteiger partial charge on any atom is -0.483 e. The zero-order chi connectivity index (χ0) is 17.8. The SMILES string of the molecule is Cc1cc(Cl)ccc1OCC(=O)N1CC(C)OC(c2ccccc2)C1. The number of morpholine rings is 1. The smallest absolute Gasteiger partial charge is 0.260 e. The molecule has 5 heteroatoms. The summed E-state index contributed by atoms with van der Waals surface area (Å²) in [6.07, 6.45) is -0.119. The van der Waals surface area contributed by atoms with Crippen molar-refractivity contribution < 1.29 is 14.3 Å². The Hall–Kier alpha value is -2.04. The van der Waals surface area contributed by atoms with E-state index < -0.39 is 0 Å². The number of aryl methyl sites for hydroxylation is 1. The standard InChI is InChI=1S/C20H22ClNO3/c1-14-10-17(21)8-9-18(14)24-13-20(23)22-11-15(2)25-19(12-22)16-6-4-3-5-7-16/h3-10,15,19H,11-13H2,1-2H3. The number of hydrogen-bond donors (Lipinski definition) is 0. The van der Waals surface area contributed by atoms with Gasteiger partial charge in [-0.15, -0.1) is 0 Å². The van der Waals surface area contributed by atoms with Crippen LogP contribution in [0.1, 0.15) is 24.2 Å². The molecule has 4 nitrogen and oxygen atoms in total. The number of ether oxygens (including phenoxy) is 2. The number of benzene rings is 2. The molecule has 2 unspecified atom stereocenters. The van der Waals surface area contributed by atoms with Crippen molar-refractivity contribution in [3.8, 4) is 5.75 Å². The molecule has 0 saturated carbocycles. The first kappa shape index (κ1) is 17.8. The fourth-order valence-corrected chi connectivity index (χ4v) is 3.24. The van der Waals surface area contributed by atoms with Gasteiger partial charge in [0.15, 0.2) is 6.61 Å². The first-order valence-electron chi connectivity index (χ1n) is 8.40. The highest BCUT2D eigenvalue weighted by Crippen LogP contribution is 2.26. The van der Waals surface area contributed by atoms with Crippen molar-refractivity contribution >= 4 is 17.5 Å². The maximum atomic E-state index is 12.6. The molecule has 1 amide bonds. The molecule has 1 heterocycles. The van der Waals surface area contributed by atoms with Crippen LogP contribution in [-0.2, 0) is 9.53 Å². The molecule has 25 heavy (non-hydrogen) atoms. The van der Waals surface area contributed by atoms with Gasteiger partial charge in [-0.25, -0.2) is 0 Å². The highest BCUT2D eigenvalue weighted by Gasteiger charge is 2.29. The first-order chi connectivity index (χ1) is 12.0. The molecule has 0 radical (unpaired) electrons. The van der Waals surface area contributed by atoms with Gasteiger partial charge in [0.2, 0.25) is 0 Å². The third-order valence-electron chi connectivity index (χ3n) is 4.27. The molecule has 0 aliphatic carbocycles. The average molecular weight is 360 g/mol. The van der Waals surface area contributed by atoms with Gasteiger partial charge in [0.05, 0.1) is 12.6 Å². The van der Waals surface area contributed by atoms with Gasteiger partial charge in [-0.3, -0.25) is 4.79 Å². The summed E-state index contributed by atoms with van der Waals surface area (Å²) < 4.78 is 11.7. The van der Waals surface area contributed by atoms with Gasteiger partial charge in [0.25, 0.3) is 5.91 Å². The lowest BCUT2D eigenvalue weighted by Gasteiger charge is -2.37. The van der Waals surface area contributed by atoms with E-state index in [9.17, 15) is 4.79 Å². The molecule has 1 saturated heterocycles. The second kappa shape index (κ2) is 7.89. The molecule has 0 aromatic heterocycles. The van der Waals surface area contributed by atoms with Crippen LogP contribution in [0.15, 0.2) is 48.5 Å². The molecule has 1 aliphatic rings. The van der Waals surface area contributed by atoms with Gasteiger partial charge < -0.3 is 14.4 Å². The second-order valence-electron chi connectivity index (χ2n) is 6.34. The Balaban J connectivity index is 1.63. The van der Waals surface area contributed by atoms with Crippen LogP contribution in [0.3, 0.4) is 0 Å². The fraction of sp³-hybridized carbons (Fsp3) is 0.350. The Labute approximate surface area is 153 Å². The van der Waals surface area contributed by atoms with E-state index in [4.69, 9.17) is 21.1 Å². The van der Waals surface area contributed by atoms with Crippen LogP contribution in [0.2, 0.25) is 5.02 Å². The van der Waals surface area contributed by atoms with E-state index in [1.54, 1.807) is 12.1 Å². The van der Waals surface area contributed by atoms with Gasteiger partial charge in [0.1, 0.15) is 11.9 Å². The van der Waals surface area contributed by atoms with E-state index in [-0.39, 0.29) is 24.7 Å². The van der Waals surface area contributed by atoms with E-state index in [2.05, 4.69) is 0 Å². The van der Waals surface area contributed by atoms with Crippen LogP contribution in [-0.4, -0.2) is 36.6 Å². The molecule has 132 valence electrons. The number of nitrogens with zero attached hydrogens (tertiary/aromatic N) is 1. The monoisotopic (exact) mass is 359 g/mol. The van der Waals surface area contributed by atoms with Gasteiger partial charge in [-0.05, 0) is 43.2 Å². The first-order valence-corrected chi connectivity index (χ1v) is 8.78. The fourth-order valence-electron chi connectivity index (χ4n) is 3.01. The summed E-state index contributed by atoms with van der Waals surface area (Å²) in [7, 11) is 0. The summed E-state index contributed by atoms with van der Waals surface area (Å²) in [6, 6.07) is 15.4. The topological polar surface area (TPSA) is 38.8 Å². The summed E-state index contributed by atoms with van der Waals surface area (Å²) in [5.41, 5.74) is 2.00. The van der Waals surface area contributed by atoms with Crippen molar-refractivity contribution in [1.29, 1.82) is 0 Å². The van der Waals surface area contributed by atoms with Crippen molar-refractivity contribution in [2.24, 2.45) is 0 Å². The molecule has 2 atom stereocenters. The molecule has 2 aromatic rings. The number of carbonyl (C=O) groups excluding carboxylic acids is 1. The van der Waals surface area contributed by atoms with Crippen molar-refractivity contribution in [1.82, 2.24) is 4.90 Å². The average Bonchev–Trinajstić information content (AvgIpc) is 2.61. The molecule has 1 fully saturated rings. The van der Waals surface area contributed by atoms with Gasteiger partial charge in [-0.1, -0.05) is 41.9 Å². The molecule has 0 spiro atoms. The predicted octanol–water partition coefficient (Wildman–Crippen LogP) is 4.02. The van der Waals surface area contributed by atoms with Crippen LogP contribution in [0.5, 0.6) is 5.75 Å². The largest absolute Gasteiger partial charge is 0.483 e. The summed E-state index contributed by atoms with van der Waals surface area (Å²) in [4.78, 5) is 14.4. The summed E-state index contributed by atoms with van der Waals surface area (Å²) >= 11 is 5.95. The highest BCUT2D eigenvalue weighted by molar-refractivity contribution is 6.30. The van der Waals surface area contributed by atoms with Crippen molar-refractivity contribution in [2.75, 3.05) is 19.7 Å². The number of rotatable bonds is 4. The van der Waals surface area contributed by atoms with E-state index in [0.717, 1.165) is 11.1 Å². The number of halogens is 1. The molecule has 0 bridgehead atoms. The van der Waals surface area contributed by atoms with Crippen LogP contribution in [0.25, 0.3) is 0 Å². The van der Waals surface area contributed by atoms with Crippen LogP contribution >= 0.6 is 11.6 Å². The summed E-state index contributed by atoms with van der Waals surface area (Å²) in [5.74, 6) is 0.643. The van der Waals surface area contributed by atoms with Gasteiger partial charge >= 0.3 is 0 Å². The van der Waals surface area contributed by atoms with E-state index >= 15 is 0 Å². The maximum absolute atomic E-state index is 12.6. The lowest BCUT2D eigenvalue weighted by Crippen LogP contribution is -2.47. The third-order valence-corrected chi connectivity index (χ3v) is 4.51. The lowest BCUT2D eigenvalue weighted by molar-refractivity contribution is -0.146. The number of hydrogen-bond acceptors (Lipinski definition) is 3. The van der Waals surface area contributed by atoms with Gasteiger partial charge in [0, 0.05) is 11.6 Å². The van der Waals surface area contributed by atoms with Crippen LogP contribution in [0.4, 0.5) is 0 Å². The Morgan fingerprint density at radius 1 is 1.24 bits per heavy atom. The highest BCUT2D eigenvalue weighted by atomic mass is 35.5. The second-order valence-corrected chi connectivity index (χ2v) is 6.78. The van der Waals surface area contributed by atoms with E-state index in [1.807, 2.05) is 55.1 Å². The van der Waals surface area contributed by atoms with Crippen LogP contribution < -0.4 is 4.74 Å². The summed E-state index contributed by atoms with van der Waals surface area (Å²) in [5, 5.41) is 0.656. The van der Waals surface area contributed by atoms with Crippen LogP contribution in [0, 0.1) is 6.92 Å². The van der Waals surface area contributed by atoms with E-state index in [0.29, 0.717) is 23.9 Å². The minimum atomic E-state index is -0.105. The molecular weight excluding hydrogens is 338 g/mol. The quantitative estimate of drug-likeness (QED) is 0.827. The lowest BCUT2D eigenvalue weighted by atomic mass is 10.1. The number of carbonyl (C=O) groups is 1. The molecular formula is C20H22ClNO3. The van der Waals surface area contributed by atoms with Crippen molar-refractivity contribution in [3.05, 3.63) is 64.7 Å². The van der Waals surface area contributed by atoms with E-state index in [1.165, 1.54) is 0 Å². The summed E-state index contributed by atoms with van der Waals surface area (Å²) in [6.45, 7) is 5.02. The van der Waals surface area contributed by atoms with Gasteiger partial charge in [-0.2, -0.15) is 0 Å². The minimum absolute atomic E-state index is 0.0106. The Bertz CT molecular complexity index is 735. The third kappa shape index (κ3) is 4.53. The molecule has 2 aromatic carbocycles. The Kier molecular flexibility index (Phi) is 5.61. The Morgan fingerprint density at radius 3 is 2.72 bits per heavy atom. The normalized spacial score (nSPS) is 20.4. The number of amides is 1. The zero-order valence-electron chi connectivity index (χ0n) is 14.4. The maximum Gasteiger partial charge on any atom is 0.260 e. The molecule has 3 rings (SSSR count). The van der Waals surface area contributed by atoms with Crippen molar-refractivity contribution in [3.63, 3.8) is 0 Å². The Morgan fingerprint density at radius 2 is 2.00 bits per heavy atom. The zero-order valence-corrected chi connectivity index (χ0v) is 15.2. The molecule has 0 N–H and O–H groups in total. The predicted molar refractivity (Wildman–Crippen MR) is 98.0 cm³/mol.